The fourth-order valence-electron chi connectivity index (χ4n) is 4.36. The van der Waals surface area contributed by atoms with Gasteiger partial charge in [-0.1, -0.05) is 36.7 Å². The van der Waals surface area contributed by atoms with Crippen LogP contribution in [0, 0.1) is 5.92 Å². The molecule has 3 aliphatic rings. The van der Waals surface area contributed by atoms with Crippen LogP contribution in [0.4, 0.5) is 15.3 Å². The van der Waals surface area contributed by atoms with Gasteiger partial charge in [0.25, 0.3) is 5.24 Å². The second kappa shape index (κ2) is 9.72. The van der Waals surface area contributed by atoms with Crippen LogP contribution < -0.4 is 5.32 Å². The summed E-state index contributed by atoms with van der Waals surface area (Å²) in [7, 11) is 0. The first-order chi connectivity index (χ1) is 15.0. The molecular weight excluding hydrogens is 416 g/mol. The number of imide groups is 1. The molecule has 166 valence electrons. The lowest BCUT2D eigenvalue weighted by molar-refractivity contribution is -0.133. The molecular formula is C22H28N4O4S. The monoisotopic (exact) mass is 444 g/mol. The zero-order valence-corrected chi connectivity index (χ0v) is 18.4. The van der Waals surface area contributed by atoms with Gasteiger partial charge in [0.2, 0.25) is 11.8 Å². The van der Waals surface area contributed by atoms with Crippen LogP contribution in [0.15, 0.2) is 24.3 Å². The van der Waals surface area contributed by atoms with Crippen molar-refractivity contribution in [2.45, 2.75) is 38.6 Å². The maximum Gasteiger partial charge on any atom is 0.321 e. The van der Waals surface area contributed by atoms with Crippen LogP contribution in [0.3, 0.4) is 0 Å². The van der Waals surface area contributed by atoms with Gasteiger partial charge < -0.3 is 15.1 Å². The summed E-state index contributed by atoms with van der Waals surface area (Å²) in [5.74, 6) is 0.785. The van der Waals surface area contributed by atoms with Crippen molar-refractivity contribution in [3.05, 3.63) is 29.8 Å². The molecule has 8 nitrogen and oxygen atoms in total. The van der Waals surface area contributed by atoms with E-state index in [1.54, 1.807) is 29.2 Å². The van der Waals surface area contributed by atoms with Gasteiger partial charge in [-0.3, -0.25) is 19.3 Å². The van der Waals surface area contributed by atoms with Gasteiger partial charge in [0.05, 0.1) is 12.3 Å². The third kappa shape index (κ3) is 5.39. The first kappa shape index (κ1) is 21.7. The Labute approximate surface area is 186 Å². The number of nitrogens with one attached hydrogen (secondary N) is 1. The van der Waals surface area contributed by atoms with Crippen molar-refractivity contribution < 1.29 is 19.2 Å². The molecule has 0 bridgehead atoms. The Morgan fingerprint density at radius 1 is 0.968 bits per heavy atom. The number of thioether (sulfide) groups is 1. The van der Waals surface area contributed by atoms with Crippen molar-refractivity contribution in [1.29, 1.82) is 0 Å². The Balaban J connectivity index is 1.23. The zero-order valence-electron chi connectivity index (χ0n) is 17.5. The standard InChI is InChI=1S/C22H28N4O4S/c27-19(13-16-3-1-2-4-16)24-9-11-25(12-10-24)21(29)23-18-7-5-17(6-8-18)14-26-20(28)15-31-22(26)30/h5-8,16H,1-4,9-15H2,(H,23,29). The fraction of sp³-hybridized carbons (Fsp3) is 0.545. The number of anilines is 1. The van der Waals surface area contributed by atoms with Crippen molar-refractivity contribution in [3.8, 4) is 0 Å². The van der Waals surface area contributed by atoms with E-state index in [9.17, 15) is 19.2 Å². The topological polar surface area (TPSA) is 90.0 Å². The van der Waals surface area contributed by atoms with Crippen molar-refractivity contribution >= 4 is 40.5 Å². The largest absolute Gasteiger partial charge is 0.339 e. The zero-order chi connectivity index (χ0) is 21.8. The van der Waals surface area contributed by atoms with Crippen molar-refractivity contribution in [1.82, 2.24) is 14.7 Å². The molecule has 1 N–H and O–H groups in total. The third-order valence-electron chi connectivity index (χ3n) is 6.24. The summed E-state index contributed by atoms with van der Waals surface area (Å²) < 4.78 is 0. The summed E-state index contributed by atoms with van der Waals surface area (Å²) in [4.78, 5) is 53.4. The van der Waals surface area contributed by atoms with E-state index in [0.717, 1.165) is 30.2 Å². The molecule has 0 radical (unpaired) electrons. The highest BCUT2D eigenvalue weighted by molar-refractivity contribution is 8.14. The van der Waals surface area contributed by atoms with Crippen molar-refractivity contribution in [3.63, 3.8) is 0 Å². The SMILES string of the molecule is O=C(CC1CCCC1)N1CCN(C(=O)Nc2ccc(CN3C(=O)CSC3=O)cc2)CC1. The van der Waals surface area contributed by atoms with Crippen molar-refractivity contribution in [2.24, 2.45) is 5.92 Å². The summed E-state index contributed by atoms with van der Waals surface area (Å²) in [6.07, 6.45) is 5.44. The summed E-state index contributed by atoms with van der Waals surface area (Å²) in [6, 6.07) is 6.97. The second-order valence-corrected chi connectivity index (χ2v) is 9.31. The van der Waals surface area contributed by atoms with Crippen LogP contribution in [-0.4, -0.2) is 69.7 Å². The Bertz CT molecular complexity index is 830. The predicted octanol–water partition coefficient (Wildman–Crippen LogP) is 3.14. The van der Waals surface area contributed by atoms with Gasteiger partial charge in [-0.15, -0.1) is 0 Å². The molecule has 1 aromatic carbocycles. The number of carbonyl (C=O) groups excluding carboxylic acids is 4. The second-order valence-electron chi connectivity index (χ2n) is 8.38. The van der Waals surface area contributed by atoms with E-state index in [0.29, 0.717) is 44.2 Å². The molecule has 9 heteroatoms. The predicted molar refractivity (Wildman–Crippen MR) is 119 cm³/mol. The van der Waals surface area contributed by atoms with Crippen LogP contribution in [-0.2, 0) is 16.1 Å². The minimum absolute atomic E-state index is 0.173. The highest BCUT2D eigenvalue weighted by Crippen LogP contribution is 2.28. The number of rotatable bonds is 5. The Hall–Kier alpha value is -2.55. The number of urea groups is 1. The smallest absolute Gasteiger partial charge is 0.321 e. The summed E-state index contributed by atoms with van der Waals surface area (Å²) in [5.41, 5.74) is 1.48. The van der Waals surface area contributed by atoms with Crippen LogP contribution in [0.5, 0.6) is 0 Å². The van der Waals surface area contributed by atoms with E-state index in [4.69, 9.17) is 0 Å². The first-order valence-corrected chi connectivity index (χ1v) is 11.9. The lowest BCUT2D eigenvalue weighted by Gasteiger charge is -2.35. The Kier molecular flexibility index (Phi) is 6.80. The number of piperazine rings is 1. The number of hydrogen-bond donors (Lipinski definition) is 1. The average molecular weight is 445 g/mol. The number of amides is 5. The fourth-order valence-corrected chi connectivity index (χ4v) is 5.09. The van der Waals surface area contributed by atoms with Gasteiger partial charge >= 0.3 is 6.03 Å². The molecule has 3 fully saturated rings. The molecule has 0 unspecified atom stereocenters. The normalized spacial score (nSPS) is 19.9. The molecule has 0 aromatic heterocycles. The van der Waals surface area contributed by atoms with Gasteiger partial charge in [0, 0.05) is 38.3 Å². The Morgan fingerprint density at radius 3 is 2.23 bits per heavy atom. The third-order valence-corrected chi connectivity index (χ3v) is 7.10. The quantitative estimate of drug-likeness (QED) is 0.754. The molecule has 5 amide bonds. The van der Waals surface area contributed by atoms with E-state index in [1.165, 1.54) is 17.7 Å². The number of benzene rings is 1. The van der Waals surface area contributed by atoms with Gasteiger partial charge in [-0.2, -0.15) is 0 Å². The summed E-state index contributed by atoms with van der Waals surface area (Å²) in [6.45, 7) is 2.45. The van der Waals surface area contributed by atoms with Crippen LogP contribution in [0.2, 0.25) is 0 Å². The maximum absolute atomic E-state index is 12.6. The highest BCUT2D eigenvalue weighted by atomic mass is 32.2. The number of carbonyl (C=O) groups is 4. The van der Waals surface area contributed by atoms with E-state index in [1.807, 2.05) is 4.90 Å². The first-order valence-electron chi connectivity index (χ1n) is 10.9. The molecule has 2 heterocycles. The molecule has 1 saturated carbocycles. The molecule has 1 aromatic rings. The summed E-state index contributed by atoms with van der Waals surface area (Å²) in [5, 5.41) is 2.67. The van der Waals surface area contributed by atoms with Gasteiger partial charge in [-0.25, -0.2) is 4.79 Å². The maximum atomic E-state index is 12.6. The Morgan fingerprint density at radius 2 is 1.61 bits per heavy atom. The molecule has 0 spiro atoms. The average Bonchev–Trinajstić information content (AvgIpc) is 3.40. The lowest BCUT2D eigenvalue weighted by Crippen LogP contribution is -2.51. The minimum Gasteiger partial charge on any atom is -0.339 e. The van der Waals surface area contributed by atoms with Crippen LogP contribution in [0.1, 0.15) is 37.7 Å². The van der Waals surface area contributed by atoms with E-state index in [-0.39, 0.29) is 35.4 Å². The van der Waals surface area contributed by atoms with Gasteiger partial charge in [-0.05, 0) is 36.5 Å². The van der Waals surface area contributed by atoms with Crippen LogP contribution in [0.25, 0.3) is 0 Å². The molecule has 4 rings (SSSR count). The lowest BCUT2D eigenvalue weighted by atomic mass is 10.0. The van der Waals surface area contributed by atoms with E-state index in [2.05, 4.69) is 5.32 Å². The summed E-state index contributed by atoms with van der Waals surface area (Å²) >= 11 is 1.02. The molecule has 1 aliphatic carbocycles. The number of nitrogens with zero attached hydrogens (tertiary/aromatic N) is 3. The van der Waals surface area contributed by atoms with Gasteiger partial charge in [0.1, 0.15) is 0 Å². The molecule has 2 saturated heterocycles. The molecule has 0 atom stereocenters. The van der Waals surface area contributed by atoms with Crippen LogP contribution >= 0.6 is 11.8 Å². The number of hydrogen-bond acceptors (Lipinski definition) is 5. The van der Waals surface area contributed by atoms with E-state index >= 15 is 0 Å². The van der Waals surface area contributed by atoms with Gasteiger partial charge in [0.15, 0.2) is 0 Å². The minimum atomic E-state index is -0.219. The molecule has 2 aliphatic heterocycles. The van der Waals surface area contributed by atoms with Crippen molar-refractivity contribution in [2.75, 3.05) is 37.2 Å². The molecule has 31 heavy (non-hydrogen) atoms. The van der Waals surface area contributed by atoms with E-state index < -0.39 is 0 Å². The highest BCUT2D eigenvalue weighted by Gasteiger charge is 2.30.